The molecule has 1 aliphatic rings. The Morgan fingerprint density at radius 2 is 2.00 bits per heavy atom. The first kappa shape index (κ1) is 12.9. The molecule has 0 radical (unpaired) electrons. The lowest BCUT2D eigenvalue weighted by molar-refractivity contribution is -0.117. The number of hydrogen-bond donors (Lipinski definition) is 1. The lowest BCUT2D eigenvalue weighted by Crippen LogP contribution is -2.43. The summed E-state index contributed by atoms with van der Waals surface area (Å²) in [6, 6.07) is 0. The van der Waals surface area contributed by atoms with E-state index in [-0.39, 0.29) is 5.60 Å². The van der Waals surface area contributed by atoms with Gasteiger partial charge in [-0.05, 0) is 45.7 Å². The smallest absolute Gasteiger partial charge is 0.0708 e. The summed E-state index contributed by atoms with van der Waals surface area (Å²) in [6.45, 7) is 8.56. The van der Waals surface area contributed by atoms with E-state index in [1.807, 2.05) is 6.92 Å². The zero-order valence-electron chi connectivity index (χ0n) is 10.2. The lowest BCUT2D eigenvalue weighted by atomic mass is 9.77. The van der Waals surface area contributed by atoms with E-state index in [0.29, 0.717) is 0 Å². The molecular formula is C12H25NO2. The number of ether oxygens (including phenoxy) is 2. The third-order valence-corrected chi connectivity index (χ3v) is 3.11. The van der Waals surface area contributed by atoms with Crippen molar-refractivity contribution in [2.45, 2.75) is 45.1 Å². The van der Waals surface area contributed by atoms with E-state index in [2.05, 4.69) is 12.2 Å². The molecule has 0 heterocycles. The van der Waals surface area contributed by atoms with Gasteiger partial charge in [-0.25, -0.2) is 0 Å². The summed E-state index contributed by atoms with van der Waals surface area (Å²) in [5.74, 6) is 0. The first-order chi connectivity index (χ1) is 7.33. The van der Waals surface area contributed by atoms with Crippen molar-refractivity contribution in [1.82, 2.24) is 5.32 Å². The quantitative estimate of drug-likeness (QED) is 0.596. The van der Waals surface area contributed by atoms with Gasteiger partial charge in [0.15, 0.2) is 0 Å². The van der Waals surface area contributed by atoms with Crippen LogP contribution in [0.1, 0.15) is 39.5 Å². The van der Waals surface area contributed by atoms with Crippen molar-refractivity contribution in [1.29, 1.82) is 0 Å². The molecule has 0 saturated heterocycles. The van der Waals surface area contributed by atoms with Gasteiger partial charge in [-0.3, -0.25) is 0 Å². The van der Waals surface area contributed by atoms with Crippen LogP contribution in [0, 0.1) is 0 Å². The maximum atomic E-state index is 5.95. The van der Waals surface area contributed by atoms with Crippen LogP contribution in [0.15, 0.2) is 0 Å². The van der Waals surface area contributed by atoms with E-state index >= 15 is 0 Å². The topological polar surface area (TPSA) is 30.5 Å². The van der Waals surface area contributed by atoms with E-state index < -0.39 is 0 Å². The normalized spacial score (nSPS) is 18.8. The standard InChI is InChI=1S/C12H25NO2/c1-3-13-9-8-12(6-5-7-12)15-11-10-14-4-2/h13H,3-11H2,1-2H3. The highest BCUT2D eigenvalue weighted by Crippen LogP contribution is 2.38. The van der Waals surface area contributed by atoms with Gasteiger partial charge in [0.05, 0.1) is 18.8 Å². The Hall–Kier alpha value is -0.120. The molecule has 0 aromatic heterocycles. The minimum absolute atomic E-state index is 0.180. The number of nitrogens with one attached hydrogen (secondary N) is 1. The predicted octanol–water partition coefficient (Wildman–Crippen LogP) is 1.96. The third kappa shape index (κ3) is 4.49. The van der Waals surface area contributed by atoms with E-state index in [4.69, 9.17) is 9.47 Å². The Balaban J connectivity index is 2.09. The van der Waals surface area contributed by atoms with Gasteiger partial charge in [0, 0.05) is 6.61 Å². The first-order valence-electron chi connectivity index (χ1n) is 6.25. The second-order valence-electron chi connectivity index (χ2n) is 4.19. The molecule has 1 saturated carbocycles. The van der Waals surface area contributed by atoms with Crippen molar-refractivity contribution in [3.8, 4) is 0 Å². The van der Waals surface area contributed by atoms with Crippen LogP contribution in [0.25, 0.3) is 0 Å². The monoisotopic (exact) mass is 215 g/mol. The molecule has 1 aliphatic carbocycles. The fourth-order valence-corrected chi connectivity index (χ4v) is 1.99. The molecule has 90 valence electrons. The molecular weight excluding hydrogens is 190 g/mol. The zero-order valence-corrected chi connectivity index (χ0v) is 10.2. The van der Waals surface area contributed by atoms with Crippen LogP contribution in [-0.2, 0) is 9.47 Å². The highest BCUT2D eigenvalue weighted by atomic mass is 16.5. The van der Waals surface area contributed by atoms with Gasteiger partial charge in [-0.2, -0.15) is 0 Å². The summed E-state index contributed by atoms with van der Waals surface area (Å²) in [7, 11) is 0. The van der Waals surface area contributed by atoms with Crippen LogP contribution in [0.5, 0.6) is 0 Å². The molecule has 0 amide bonds. The van der Waals surface area contributed by atoms with E-state index in [1.54, 1.807) is 0 Å². The van der Waals surface area contributed by atoms with E-state index in [1.165, 1.54) is 19.3 Å². The van der Waals surface area contributed by atoms with Crippen molar-refractivity contribution < 1.29 is 9.47 Å². The number of hydrogen-bond acceptors (Lipinski definition) is 3. The molecule has 1 fully saturated rings. The van der Waals surface area contributed by atoms with Crippen LogP contribution < -0.4 is 5.32 Å². The van der Waals surface area contributed by atoms with E-state index in [9.17, 15) is 0 Å². The molecule has 0 aromatic carbocycles. The Morgan fingerprint density at radius 3 is 2.53 bits per heavy atom. The average Bonchev–Trinajstić information content (AvgIpc) is 2.19. The maximum Gasteiger partial charge on any atom is 0.0708 e. The molecule has 0 spiro atoms. The molecule has 3 heteroatoms. The number of rotatable bonds is 9. The van der Waals surface area contributed by atoms with Gasteiger partial charge < -0.3 is 14.8 Å². The van der Waals surface area contributed by atoms with Crippen LogP contribution >= 0.6 is 0 Å². The van der Waals surface area contributed by atoms with Gasteiger partial charge in [0.2, 0.25) is 0 Å². The molecule has 1 N–H and O–H groups in total. The van der Waals surface area contributed by atoms with Crippen molar-refractivity contribution in [2.24, 2.45) is 0 Å². The summed E-state index contributed by atoms with van der Waals surface area (Å²) >= 11 is 0. The minimum Gasteiger partial charge on any atom is -0.379 e. The van der Waals surface area contributed by atoms with Crippen LogP contribution in [-0.4, -0.2) is 38.5 Å². The highest BCUT2D eigenvalue weighted by Gasteiger charge is 2.37. The fraction of sp³-hybridized carbons (Fsp3) is 1.00. The summed E-state index contributed by atoms with van der Waals surface area (Å²) in [4.78, 5) is 0. The summed E-state index contributed by atoms with van der Waals surface area (Å²) in [5, 5.41) is 3.36. The van der Waals surface area contributed by atoms with Crippen molar-refractivity contribution in [2.75, 3.05) is 32.9 Å². The fourth-order valence-electron chi connectivity index (χ4n) is 1.99. The lowest BCUT2D eigenvalue weighted by Gasteiger charge is -2.42. The van der Waals surface area contributed by atoms with Crippen molar-refractivity contribution in [3.63, 3.8) is 0 Å². The average molecular weight is 215 g/mol. The Morgan fingerprint density at radius 1 is 1.20 bits per heavy atom. The zero-order chi connectivity index (χ0) is 11.0. The van der Waals surface area contributed by atoms with Crippen LogP contribution in [0.4, 0.5) is 0 Å². The van der Waals surface area contributed by atoms with Gasteiger partial charge in [-0.1, -0.05) is 6.92 Å². The molecule has 15 heavy (non-hydrogen) atoms. The summed E-state index contributed by atoms with van der Waals surface area (Å²) < 4.78 is 11.2. The Bertz CT molecular complexity index is 158. The molecule has 0 atom stereocenters. The van der Waals surface area contributed by atoms with Gasteiger partial charge in [-0.15, -0.1) is 0 Å². The summed E-state index contributed by atoms with van der Waals surface area (Å²) in [5.41, 5.74) is 0.180. The molecule has 0 bridgehead atoms. The van der Waals surface area contributed by atoms with Crippen LogP contribution in [0.3, 0.4) is 0 Å². The summed E-state index contributed by atoms with van der Waals surface area (Å²) in [6.07, 6.45) is 4.92. The molecule has 1 rings (SSSR count). The van der Waals surface area contributed by atoms with Gasteiger partial charge in [0.25, 0.3) is 0 Å². The van der Waals surface area contributed by atoms with Crippen molar-refractivity contribution in [3.05, 3.63) is 0 Å². The maximum absolute atomic E-state index is 5.95. The second kappa shape index (κ2) is 7.20. The third-order valence-electron chi connectivity index (χ3n) is 3.11. The minimum atomic E-state index is 0.180. The predicted molar refractivity (Wildman–Crippen MR) is 62.2 cm³/mol. The highest BCUT2D eigenvalue weighted by molar-refractivity contribution is 4.90. The molecule has 3 nitrogen and oxygen atoms in total. The first-order valence-corrected chi connectivity index (χ1v) is 6.25. The second-order valence-corrected chi connectivity index (χ2v) is 4.19. The van der Waals surface area contributed by atoms with Gasteiger partial charge >= 0.3 is 0 Å². The SMILES string of the molecule is CCNCCC1(OCCOCC)CCC1. The Labute approximate surface area is 93.5 Å². The Kier molecular flexibility index (Phi) is 6.22. The van der Waals surface area contributed by atoms with Crippen LogP contribution in [0.2, 0.25) is 0 Å². The van der Waals surface area contributed by atoms with Crippen molar-refractivity contribution >= 4 is 0 Å². The molecule has 0 aliphatic heterocycles. The molecule has 0 unspecified atom stereocenters. The van der Waals surface area contributed by atoms with Gasteiger partial charge in [0.1, 0.15) is 0 Å². The largest absolute Gasteiger partial charge is 0.379 e. The molecule has 0 aromatic rings. The van der Waals surface area contributed by atoms with E-state index in [0.717, 1.165) is 39.3 Å².